The van der Waals surface area contributed by atoms with Gasteiger partial charge in [0.25, 0.3) is 0 Å². The minimum atomic E-state index is -2.29. The second-order valence-electron chi connectivity index (χ2n) is 3.72. The van der Waals surface area contributed by atoms with Crippen LogP contribution in [0, 0.1) is 0 Å². The fourth-order valence-corrected chi connectivity index (χ4v) is 3.07. The molecule has 0 spiro atoms. The van der Waals surface area contributed by atoms with Gasteiger partial charge in [-0.15, -0.1) is 6.58 Å². The Morgan fingerprint density at radius 3 is 2.27 bits per heavy atom. The van der Waals surface area contributed by atoms with Crippen LogP contribution in [0.25, 0.3) is 0 Å². The Morgan fingerprint density at radius 2 is 2.00 bits per heavy atom. The molecule has 0 aromatic heterocycles. The van der Waals surface area contributed by atoms with Crippen LogP contribution in [0.5, 0.6) is 0 Å². The lowest BCUT2D eigenvalue weighted by Gasteiger charge is -2.18. The molecule has 66 valence electrons. The van der Waals surface area contributed by atoms with Gasteiger partial charge in [-0.25, -0.2) is 0 Å². The first kappa shape index (κ1) is 11.1. The van der Waals surface area contributed by atoms with Crippen LogP contribution in [0.15, 0.2) is 12.3 Å². The molecule has 0 aliphatic rings. The Labute approximate surface area is 70.1 Å². The highest BCUT2D eigenvalue weighted by molar-refractivity contribution is 7.57. The third-order valence-corrected chi connectivity index (χ3v) is 4.29. The summed E-state index contributed by atoms with van der Waals surface area (Å²) < 4.78 is 16.4. The first-order valence-electron chi connectivity index (χ1n) is 3.60. The van der Waals surface area contributed by atoms with Crippen molar-refractivity contribution in [2.75, 3.05) is 19.6 Å². The molecule has 2 nitrogen and oxygen atoms in total. The SMILES string of the molecule is C=C[Si](C)(C)COP(C)(C)=O. The van der Waals surface area contributed by atoms with Gasteiger partial charge in [-0.1, -0.05) is 18.8 Å². The van der Waals surface area contributed by atoms with Gasteiger partial charge in [-0.2, -0.15) is 0 Å². The van der Waals surface area contributed by atoms with Crippen molar-refractivity contribution in [2.24, 2.45) is 0 Å². The molecular weight excluding hydrogens is 175 g/mol. The van der Waals surface area contributed by atoms with E-state index in [0.717, 1.165) is 0 Å². The highest BCUT2D eigenvalue weighted by Gasteiger charge is 2.19. The number of rotatable bonds is 4. The van der Waals surface area contributed by atoms with Crippen molar-refractivity contribution < 1.29 is 9.09 Å². The van der Waals surface area contributed by atoms with Gasteiger partial charge in [0.1, 0.15) is 8.07 Å². The van der Waals surface area contributed by atoms with E-state index in [1.54, 1.807) is 13.3 Å². The lowest BCUT2D eigenvalue weighted by Crippen LogP contribution is -2.29. The largest absolute Gasteiger partial charge is 0.332 e. The molecule has 0 atom stereocenters. The van der Waals surface area contributed by atoms with Crippen LogP contribution in [-0.4, -0.2) is 27.6 Å². The van der Waals surface area contributed by atoms with Gasteiger partial charge in [0.05, 0.1) is 0 Å². The quantitative estimate of drug-likeness (QED) is 0.505. The molecule has 0 rings (SSSR count). The van der Waals surface area contributed by atoms with Crippen molar-refractivity contribution in [1.29, 1.82) is 0 Å². The van der Waals surface area contributed by atoms with Gasteiger partial charge in [0, 0.05) is 19.6 Å². The fourth-order valence-electron chi connectivity index (χ4n) is 0.381. The van der Waals surface area contributed by atoms with Crippen molar-refractivity contribution in [1.82, 2.24) is 0 Å². The maximum atomic E-state index is 11.1. The summed E-state index contributed by atoms with van der Waals surface area (Å²) in [5, 5.41) is 0. The molecule has 0 unspecified atom stereocenters. The van der Waals surface area contributed by atoms with E-state index in [1.807, 2.05) is 5.70 Å². The summed E-state index contributed by atoms with van der Waals surface area (Å²) in [6.45, 7) is 11.3. The van der Waals surface area contributed by atoms with Gasteiger partial charge in [0.15, 0.2) is 7.37 Å². The number of hydrogen-bond donors (Lipinski definition) is 0. The molecule has 0 saturated carbocycles. The van der Waals surface area contributed by atoms with E-state index >= 15 is 0 Å². The van der Waals surface area contributed by atoms with Crippen LogP contribution in [0.3, 0.4) is 0 Å². The summed E-state index contributed by atoms with van der Waals surface area (Å²) in [7, 11) is -3.71. The minimum Gasteiger partial charge on any atom is -0.332 e. The molecule has 0 amide bonds. The molecule has 11 heavy (non-hydrogen) atoms. The smallest absolute Gasteiger partial charge is 0.196 e. The molecule has 0 heterocycles. The zero-order chi connectivity index (χ0) is 9.12. The van der Waals surface area contributed by atoms with Gasteiger partial charge in [-0.05, 0) is 0 Å². The zero-order valence-corrected chi connectivity index (χ0v) is 9.65. The van der Waals surface area contributed by atoms with Crippen molar-refractivity contribution in [2.45, 2.75) is 13.1 Å². The average Bonchev–Trinajstić information content (AvgIpc) is 1.83. The van der Waals surface area contributed by atoms with Crippen LogP contribution in [0.4, 0.5) is 0 Å². The molecule has 0 aromatic carbocycles. The van der Waals surface area contributed by atoms with E-state index < -0.39 is 15.4 Å². The minimum absolute atomic E-state index is 0.612. The highest BCUT2D eigenvalue weighted by Crippen LogP contribution is 2.37. The van der Waals surface area contributed by atoms with Gasteiger partial charge < -0.3 is 4.52 Å². The van der Waals surface area contributed by atoms with Crippen LogP contribution >= 0.6 is 7.37 Å². The third kappa shape index (κ3) is 6.54. The average molecular weight is 192 g/mol. The van der Waals surface area contributed by atoms with E-state index in [9.17, 15) is 4.57 Å². The molecular formula is C7H17O2PSi. The van der Waals surface area contributed by atoms with E-state index in [2.05, 4.69) is 19.7 Å². The topological polar surface area (TPSA) is 26.3 Å². The predicted molar refractivity (Wildman–Crippen MR) is 53.1 cm³/mol. The fraction of sp³-hybridized carbons (Fsp3) is 0.714. The van der Waals surface area contributed by atoms with Gasteiger partial charge in [0.2, 0.25) is 0 Å². The van der Waals surface area contributed by atoms with Crippen LogP contribution in [0.1, 0.15) is 0 Å². The first-order chi connectivity index (χ1) is 4.77. The van der Waals surface area contributed by atoms with E-state index in [1.165, 1.54) is 0 Å². The first-order valence-corrected chi connectivity index (χ1v) is 9.40. The molecule has 0 aliphatic heterocycles. The monoisotopic (exact) mass is 192 g/mol. The van der Waals surface area contributed by atoms with E-state index in [4.69, 9.17) is 4.52 Å². The summed E-state index contributed by atoms with van der Waals surface area (Å²) in [6, 6.07) is 0. The Hall–Kier alpha value is 0.147. The molecule has 0 saturated heterocycles. The van der Waals surface area contributed by atoms with Crippen molar-refractivity contribution >= 4 is 15.4 Å². The van der Waals surface area contributed by atoms with Crippen molar-refractivity contribution in [3.8, 4) is 0 Å². The van der Waals surface area contributed by atoms with E-state index in [0.29, 0.717) is 6.23 Å². The summed E-state index contributed by atoms with van der Waals surface area (Å²) >= 11 is 0. The van der Waals surface area contributed by atoms with E-state index in [-0.39, 0.29) is 0 Å². The summed E-state index contributed by atoms with van der Waals surface area (Å²) in [5.74, 6) is 0. The summed E-state index contributed by atoms with van der Waals surface area (Å²) in [4.78, 5) is 0. The standard InChI is InChI=1S/C7H17O2PSi/c1-6-11(4,5)7-9-10(2,3)8/h6H,1,7H2,2-5H3. The lowest BCUT2D eigenvalue weighted by molar-refractivity contribution is 0.375. The third-order valence-electron chi connectivity index (χ3n) is 1.30. The van der Waals surface area contributed by atoms with Crippen molar-refractivity contribution in [3.05, 3.63) is 12.3 Å². The maximum Gasteiger partial charge on any atom is 0.196 e. The molecule has 0 bridgehead atoms. The molecule has 0 aromatic rings. The molecule has 0 N–H and O–H groups in total. The second kappa shape index (κ2) is 3.70. The Bertz CT molecular complexity index is 183. The summed E-state index contributed by atoms with van der Waals surface area (Å²) in [6.07, 6.45) is 0.612. The predicted octanol–water partition coefficient (Wildman–Crippen LogP) is 2.51. The maximum absolute atomic E-state index is 11.1. The Balaban J connectivity index is 3.89. The normalized spacial score (nSPS) is 13.1. The van der Waals surface area contributed by atoms with Crippen LogP contribution in [0.2, 0.25) is 13.1 Å². The Morgan fingerprint density at radius 1 is 1.55 bits per heavy atom. The molecule has 4 heteroatoms. The van der Waals surface area contributed by atoms with Gasteiger partial charge in [-0.3, -0.25) is 4.57 Å². The lowest BCUT2D eigenvalue weighted by atomic mass is 11.3. The molecule has 0 aliphatic carbocycles. The van der Waals surface area contributed by atoms with Crippen molar-refractivity contribution in [3.63, 3.8) is 0 Å². The van der Waals surface area contributed by atoms with Crippen LogP contribution < -0.4 is 0 Å². The highest BCUT2D eigenvalue weighted by atomic mass is 31.2. The number of hydrogen-bond acceptors (Lipinski definition) is 2. The van der Waals surface area contributed by atoms with Gasteiger partial charge >= 0.3 is 0 Å². The zero-order valence-electron chi connectivity index (χ0n) is 7.76. The summed E-state index contributed by atoms with van der Waals surface area (Å²) in [5.41, 5.74) is 1.95. The Kier molecular flexibility index (Phi) is 3.75. The molecule has 0 radical (unpaired) electrons. The molecule has 0 fully saturated rings. The van der Waals surface area contributed by atoms with Crippen LogP contribution in [-0.2, 0) is 9.09 Å². The second-order valence-corrected chi connectivity index (χ2v) is 11.2.